The van der Waals surface area contributed by atoms with Gasteiger partial charge in [-0.05, 0) is 38.0 Å². The third kappa shape index (κ3) is 2.79. The topological polar surface area (TPSA) is 55.1 Å². The van der Waals surface area contributed by atoms with E-state index in [1.54, 1.807) is 0 Å². The molecule has 0 heterocycles. The molecular formula is C13H24N2OS. The van der Waals surface area contributed by atoms with Crippen LogP contribution in [0.3, 0.4) is 0 Å². The predicted octanol–water partition coefficient (Wildman–Crippen LogP) is 2.24. The average Bonchev–Trinajstić information content (AvgIpc) is 2.59. The minimum atomic E-state index is -0.707. The lowest BCUT2D eigenvalue weighted by Gasteiger charge is -2.29. The first kappa shape index (κ1) is 14.4. The molecule has 1 amide bonds. The van der Waals surface area contributed by atoms with E-state index in [0.29, 0.717) is 18.3 Å². The van der Waals surface area contributed by atoms with Crippen molar-refractivity contribution in [1.29, 1.82) is 0 Å². The van der Waals surface area contributed by atoms with Gasteiger partial charge in [0.15, 0.2) is 0 Å². The summed E-state index contributed by atoms with van der Waals surface area (Å²) in [5, 5.41) is 3.13. The van der Waals surface area contributed by atoms with Gasteiger partial charge in [-0.3, -0.25) is 4.79 Å². The molecule has 0 saturated heterocycles. The molecule has 4 atom stereocenters. The summed E-state index contributed by atoms with van der Waals surface area (Å²) in [4.78, 5) is 12.6. The van der Waals surface area contributed by atoms with Crippen molar-refractivity contribution in [2.45, 2.75) is 53.0 Å². The Kier molecular flexibility index (Phi) is 4.53. The molecule has 17 heavy (non-hydrogen) atoms. The quantitative estimate of drug-likeness (QED) is 0.759. The highest BCUT2D eigenvalue weighted by atomic mass is 32.1. The molecule has 0 aliphatic heterocycles. The van der Waals surface area contributed by atoms with Gasteiger partial charge in [0.25, 0.3) is 0 Å². The standard InChI is InChI=1S/C13H24N2OS/c1-5-13(4,11(14)17)12(16)15-10-7-6-8(2)9(10)3/h8-10H,5-7H2,1-4H3,(H2,14,17)(H,15,16). The second-order valence-electron chi connectivity index (χ2n) is 5.54. The van der Waals surface area contributed by atoms with Crippen molar-refractivity contribution in [2.75, 3.05) is 0 Å². The number of carbonyl (C=O) groups excluding carboxylic acids is 1. The van der Waals surface area contributed by atoms with Crippen LogP contribution in [0.4, 0.5) is 0 Å². The van der Waals surface area contributed by atoms with Gasteiger partial charge in [-0.25, -0.2) is 0 Å². The molecule has 1 saturated carbocycles. The van der Waals surface area contributed by atoms with Crippen molar-refractivity contribution in [2.24, 2.45) is 23.0 Å². The number of carbonyl (C=O) groups is 1. The Morgan fingerprint density at radius 3 is 2.41 bits per heavy atom. The Balaban J connectivity index is 2.69. The van der Waals surface area contributed by atoms with Gasteiger partial charge in [0.05, 0.1) is 10.4 Å². The van der Waals surface area contributed by atoms with Crippen molar-refractivity contribution in [3.05, 3.63) is 0 Å². The van der Waals surface area contributed by atoms with Gasteiger partial charge in [-0.1, -0.05) is 33.0 Å². The molecule has 0 radical (unpaired) electrons. The second-order valence-corrected chi connectivity index (χ2v) is 5.98. The molecule has 0 bridgehead atoms. The molecule has 4 heteroatoms. The molecule has 98 valence electrons. The third-order valence-electron chi connectivity index (χ3n) is 4.53. The van der Waals surface area contributed by atoms with Crippen LogP contribution in [0.1, 0.15) is 47.0 Å². The van der Waals surface area contributed by atoms with E-state index < -0.39 is 5.41 Å². The van der Waals surface area contributed by atoms with Crippen molar-refractivity contribution in [3.8, 4) is 0 Å². The molecule has 0 aromatic rings. The van der Waals surface area contributed by atoms with Crippen molar-refractivity contribution in [1.82, 2.24) is 5.32 Å². The maximum Gasteiger partial charge on any atom is 0.232 e. The molecular weight excluding hydrogens is 232 g/mol. The minimum absolute atomic E-state index is 0.0153. The Bertz CT molecular complexity index is 319. The van der Waals surface area contributed by atoms with E-state index in [1.165, 1.54) is 6.42 Å². The lowest BCUT2D eigenvalue weighted by molar-refractivity contribution is -0.128. The van der Waals surface area contributed by atoms with Gasteiger partial charge in [-0.15, -0.1) is 0 Å². The third-order valence-corrected chi connectivity index (χ3v) is 4.98. The predicted molar refractivity (Wildman–Crippen MR) is 74.7 cm³/mol. The first-order chi connectivity index (χ1) is 7.82. The minimum Gasteiger partial charge on any atom is -0.392 e. The second kappa shape index (κ2) is 5.34. The fourth-order valence-corrected chi connectivity index (χ4v) is 2.58. The SMILES string of the molecule is CCC(C)(C(=O)NC1CCC(C)C1C)C(N)=S. The number of nitrogens with one attached hydrogen (secondary N) is 1. The zero-order valence-electron chi connectivity index (χ0n) is 11.2. The zero-order chi connectivity index (χ0) is 13.2. The van der Waals surface area contributed by atoms with E-state index in [0.717, 1.165) is 6.42 Å². The van der Waals surface area contributed by atoms with Gasteiger partial charge < -0.3 is 11.1 Å². The van der Waals surface area contributed by atoms with Crippen molar-refractivity contribution in [3.63, 3.8) is 0 Å². The summed E-state index contributed by atoms with van der Waals surface area (Å²) in [7, 11) is 0. The summed E-state index contributed by atoms with van der Waals surface area (Å²) in [6.45, 7) is 8.21. The van der Waals surface area contributed by atoms with Gasteiger partial charge in [-0.2, -0.15) is 0 Å². The summed E-state index contributed by atoms with van der Waals surface area (Å²) in [6, 6.07) is 0.276. The van der Waals surface area contributed by atoms with E-state index in [-0.39, 0.29) is 16.9 Å². The summed E-state index contributed by atoms with van der Waals surface area (Å²) in [5.41, 5.74) is 4.98. The van der Waals surface area contributed by atoms with Crippen LogP contribution in [-0.4, -0.2) is 16.9 Å². The van der Waals surface area contributed by atoms with Gasteiger partial charge in [0.1, 0.15) is 0 Å². The van der Waals surface area contributed by atoms with E-state index >= 15 is 0 Å². The number of hydrogen-bond donors (Lipinski definition) is 2. The van der Waals surface area contributed by atoms with Crippen LogP contribution in [0, 0.1) is 17.3 Å². The smallest absolute Gasteiger partial charge is 0.232 e. The molecule has 1 rings (SSSR count). The normalized spacial score (nSPS) is 31.9. The number of thiocarbonyl (C=S) groups is 1. The van der Waals surface area contributed by atoms with E-state index in [2.05, 4.69) is 19.2 Å². The number of amides is 1. The van der Waals surface area contributed by atoms with Crippen LogP contribution < -0.4 is 11.1 Å². The Morgan fingerprint density at radius 2 is 2.06 bits per heavy atom. The zero-order valence-corrected chi connectivity index (χ0v) is 12.1. The highest BCUT2D eigenvalue weighted by Crippen LogP contribution is 2.32. The maximum atomic E-state index is 12.3. The highest BCUT2D eigenvalue weighted by molar-refractivity contribution is 7.80. The number of nitrogens with two attached hydrogens (primary N) is 1. The number of hydrogen-bond acceptors (Lipinski definition) is 2. The Hall–Kier alpha value is -0.640. The monoisotopic (exact) mass is 256 g/mol. The van der Waals surface area contributed by atoms with Gasteiger partial charge >= 0.3 is 0 Å². The summed E-state index contributed by atoms with van der Waals surface area (Å²) < 4.78 is 0. The number of rotatable bonds is 4. The van der Waals surface area contributed by atoms with E-state index in [9.17, 15) is 4.79 Å². The average molecular weight is 256 g/mol. The summed E-state index contributed by atoms with van der Waals surface area (Å²) in [6.07, 6.45) is 2.89. The van der Waals surface area contributed by atoms with Crippen molar-refractivity contribution < 1.29 is 4.79 Å². The van der Waals surface area contributed by atoms with E-state index in [4.69, 9.17) is 18.0 Å². The summed E-state index contributed by atoms with van der Waals surface area (Å²) >= 11 is 5.02. The van der Waals surface area contributed by atoms with Crippen LogP contribution >= 0.6 is 12.2 Å². The van der Waals surface area contributed by atoms with Gasteiger partial charge in [0, 0.05) is 6.04 Å². The molecule has 1 aliphatic carbocycles. The molecule has 1 fully saturated rings. The van der Waals surface area contributed by atoms with Crippen LogP contribution in [0.2, 0.25) is 0 Å². The van der Waals surface area contributed by atoms with Gasteiger partial charge in [0.2, 0.25) is 5.91 Å². The fourth-order valence-electron chi connectivity index (χ4n) is 2.34. The molecule has 0 aromatic carbocycles. The Labute approximate surface area is 110 Å². The van der Waals surface area contributed by atoms with Crippen LogP contribution in [-0.2, 0) is 4.79 Å². The Morgan fingerprint density at radius 1 is 1.47 bits per heavy atom. The first-order valence-corrected chi connectivity index (χ1v) is 6.84. The molecule has 4 unspecified atom stereocenters. The molecule has 0 aromatic heterocycles. The van der Waals surface area contributed by atoms with E-state index in [1.807, 2.05) is 13.8 Å². The highest BCUT2D eigenvalue weighted by Gasteiger charge is 2.38. The fraction of sp³-hybridized carbons (Fsp3) is 0.846. The maximum absolute atomic E-state index is 12.3. The van der Waals surface area contributed by atoms with Crippen LogP contribution in [0.5, 0.6) is 0 Å². The molecule has 1 aliphatic rings. The first-order valence-electron chi connectivity index (χ1n) is 6.43. The summed E-state index contributed by atoms with van der Waals surface area (Å²) in [5.74, 6) is 1.20. The largest absolute Gasteiger partial charge is 0.392 e. The van der Waals surface area contributed by atoms with Crippen LogP contribution in [0.25, 0.3) is 0 Å². The lowest BCUT2D eigenvalue weighted by atomic mass is 9.85. The van der Waals surface area contributed by atoms with Crippen molar-refractivity contribution >= 4 is 23.1 Å². The molecule has 0 spiro atoms. The lowest BCUT2D eigenvalue weighted by Crippen LogP contribution is -2.50. The molecule has 3 nitrogen and oxygen atoms in total. The molecule has 3 N–H and O–H groups in total. The van der Waals surface area contributed by atoms with Crippen LogP contribution in [0.15, 0.2) is 0 Å².